The summed E-state index contributed by atoms with van der Waals surface area (Å²) in [4.78, 5) is 13.3. The quantitative estimate of drug-likeness (QED) is 0.784. The minimum Gasteiger partial charge on any atom is -0.449 e. The number of benzene rings is 1. The number of ether oxygens (including phenoxy) is 1. The molecule has 0 aliphatic carbocycles. The van der Waals surface area contributed by atoms with E-state index in [1.54, 1.807) is 4.90 Å². The highest BCUT2D eigenvalue weighted by atomic mass is 79.9. The SMILES string of the molecule is CC1CCOC(=O)N1c1ccccc1Br. The van der Waals surface area contributed by atoms with E-state index in [0.29, 0.717) is 6.61 Å². The molecule has 0 radical (unpaired) electrons. The summed E-state index contributed by atoms with van der Waals surface area (Å²) in [6, 6.07) is 7.85. The monoisotopic (exact) mass is 269 g/mol. The molecule has 3 nitrogen and oxygen atoms in total. The summed E-state index contributed by atoms with van der Waals surface area (Å²) in [7, 11) is 0. The molecule has 0 spiro atoms. The number of carbonyl (C=O) groups is 1. The first-order chi connectivity index (χ1) is 7.20. The van der Waals surface area contributed by atoms with Crippen LogP contribution in [0, 0.1) is 0 Å². The number of hydrogen-bond acceptors (Lipinski definition) is 2. The molecular formula is C11H12BrNO2. The second-order valence-electron chi connectivity index (χ2n) is 3.57. The maximum absolute atomic E-state index is 11.6. The molecule has 1 heterocycles. The van der Waals surface area contributed by atoms with Crippen molar-refractivity contribution >= 4 is 27.7 Å². The van der Waals surface area contributed by atoms with E-state index in [1.165, 1.54) is 0 Å². The lowest BCUT2D eigenvalue weighted by Gasteiger charge is -2.33. The Hall–Kier alpha value is -1.03. The Bertz CT molecular complexity index is 381. The summed E-state index contributed by atoms with van der Waals surface area (Å²) in [6.07, 6.45) is 0.605. The number of anilines is 1. The number of para-hydroxylation sites is 1. The number of cyclic esters (lactones) is 1. The van der Waals surface area contributed by atoms with E-state index in [-0.39, 0.29) is 12.1 Å². The van der Waals surface area contributed by atoms with Crippen molar-refractivity contribution in [3.05, 3.63) is 28.7 Å². The smallest absolute Gasteiger partial charge is 0.414 e. The standard InChI is InChI=1S/C11H12BrNO2/c1-8-6-7-15-11(14)13(8)10-5-3-2-4-9(10)12/h2-5,8H,6-7H2,1H3. The number of nitrogens with zero attached hydrogens (tertiary/aromatic N) is 1. The van der Waals surface area contributed by atoms with Crippen molar-refractivity contribution in [2.45, 2.75) is 19.4 Å². The topological polar surface area (TPSA) is 29.5 Å². The zero-order valence-electron chi connectivity index (χ0n) is 8.44. The van der Waals surface area contributed by atoms with E-state index in [0.717, 1.165) is 16.6 Å². The Morgan fingerprint density at radius 2 is 2.20 bits per heavy atom. The third kappa shape index (κ3) is 2.00. The van der Waals surface area contributed by atoms with Gasteiger partial charge in [0.25, 0.3) is 0 Å². The predicted octanol–water partition coefficient (Wildman–Crippen LogP) is 3.18. The zero-order valence-corrected chi connectivity index (χ0v) is 10.0. The number of carbonyl (C=O) groups excluding carboxylic acids is 1. The van der Waals surface area contributed by atoms with Crippen LogP contribution in [0.5, 0.6) is 0 Å². The lowest BCUT2D eigenvalue weighted by atomic mass is 10.1. The number of amides is 1. The van der Waals surface area contributed by atoms with Gasteiger partial charge in [-0.05, 0) is 35.0 Å². The maximum Gasteiger partial charge on any atom is 0.414 e. The highest BCUT2D eigenvalue weighted by Gasteiger charge is 2.28. The molecule has 0 N–H and O–H groups in total. The second-order valence-corrected chi connectivity index (χ2v) is 4.43. The summed E-state index contributed by atoms with van der Waals surface area (Å²) in [6.45, 7) is 2.54. The van der Waals surface area contributed by atoms with E-state index in [1.807, 2.05) is 31.2 Å². The Morgan fingerprint density at radius 3 is 2.87 bits per heavy atom. The van der Waals surface area contributed by atoms with Gasteiger partial charge in [-0.25, -0.2) is 4.79 Å². The van der Waals surface area contributed by atoms with Gasteiger partial charge < -0.3 is 4.74 Å². The number of halogens is 1. The molecule has 15 heavy (non-hydrogen) atoms. The molecule has 0 aromatic heterocycles. The van der Waals surface area contributed by atoms with E-state index >= 15 is 0 Å². The van der Waals surface area contributed by atoms with Crippen molar-refractivity contribution in [1.82, 2.24) is 0 Å². The first-order valence-electron chi connectivity index (χ1n) is 4.90. The van der Waals surface area contributed by atoms with Crippen molar-refractivity contribution in [2.75, 3.05) is 11.5 Å². The van der Waals surface area contributed by atoms with Crippen LogP contribution in [0.2, 0.25) is 0 Å². The van der Waals surface area contributed by atoms with E-state index in [2.05, 4.69) is 15.9 Å². The molecule has 1 aromatic rings. The molecule has 0 saturated carbocycles. The zero-order chi connectivity index (χ0) is 10.8. The van der Waals surface area contributed by atoms with E-state index in [4.69, 9.17) is 4.74 Å². The van der Waals surface area contributed by atoms with Crippen LogP contribution >= 0.6 is 15.9 Å². The van der Waals surface area contributed by atoms with Crippen LogP contribution < -0.4 is 4.90 Å². The lowest BCUT2D eigenvalue weighted by molar-refractivity contribution is 0.131. The first-order valence-corrected chi connectivity index (χ1v) is 5.70. The van der Waals surface area contributed by atoms with E-state index in [9.17, 15) is 4.79 Å². The van der Waals surface area contributed by atoms with Crippen molar-refractivity contribution in [3.63, 3.8) is 0 Å². The Morgan fingerprint density at radius 1 is 1.47 bits per heavy atom. The minimum absolute atomic E-state index is 0.185. The molecular weight excluding hydrogens is 258 g/mol. The van der Waals surface area contributed by atoms with Crippen LogP contribution in [0.4, 0.5) is 10.5 Å². The number of rotatable bonds is 1. The summed E-state index contributed by atoms with van der Waals surface area (Å²) >= 11 is 3.44. The highest BCUT2D eigenvalue weighted by Crippen LogP contribution is 2.30. The van der Waals surface area contributed by atoms with Crippen molar-refractivity contribution in [3.8, 4) is 0 Å². The summed E-state index contributed by atoms with van der Waals surface area (Å²) in [5, 5.41) is 0. The highest BCUT2D eigenvalue weighted by molar-refractivity contribution is 9.10. The summed E-state index contributed by atoms with van der Waals surface area (Å²) < 4.78 is 5.95. The van der Waals surface area contributed by atoms with Gasteiger partial charge in [0.1, 0.15) is 0 Å². The van der Waals surface area contributed by atoms with Gasteiger partial charge in [-0.2, -0.15) is 0 Å². The average molecular weight is 270 g/mol. The normalized spacial score (nSPS) is 21.3. The molecule has 1 atom stereocenters. The molecule has 1 aliphatic heterocycles. The fraction of sp³-hybridized carbons (Fsp3) is 0.364. The molecule has 2 rings (SSSR count). The Labute approximate surface area is 97.2 Å². The molecule has 1 aromatic carbocycles. The van der Waals surface area contributed by atoms with Gasteiger partial charge in [-0.1, -0.05) is 12.1 Å². The largest absolute Gasteiger partial charge is 0.449 e. The molecule has 1 fully saturated rings. The summed E-state index contributed by atoms with van der Waals surface area (Å²) in [5.74, 6) is 0. The van der Waals surface area contributed by atoms with Gasteiger partial charge >= 0.3 is 6.09 Å². The van der Waals surface area contributed by atoms with Crippen LogP contribution in [-0.2, 0) is 4.74 Å². The number of hydrogen-bond donors (Lipinski definition) is 0. The van der Waals surface area contributed by atoms with E-state index < -0.39 is 0 Å². The average Bonchev–Trinajstić information content (AvgIpc) is 2.20. The minimum atomic E-state index is -0.263. The van der Waals surface area contributed by atoms with Gasteiger partial charge in [0.15, 0.2) is 0 Å². The molecule has 1 unspecified atom stereocenters. The molecule has 0 bridgehead atoms. The molecule has 1 saturated heterocycles. The molecule has 1 amide bonds. The van der Waals surface area contributed by atoms with Crippen molar-refractivity contribution in [2.24, 2.45) is 0 Å². The summed E-state index contributed by atoms with van der Waals surface area (Å²) in [5.41, 5.74) is 0.870. The van der Waals surface area contributed by atoms with Crippen molar-refractivity contribution < 1.29 is 9.53 Å². The van der Waals surface area contributed by atoms with Gasteiger partial charge in [0.05, 0.1) is 12.3 Å². The van der Waals surface area contributed by atoms with Crippen LogP contribution in [-0.4, -0.2) is 18.7 Å². The first kappa shape index (κ1) is 10.5. The van der Waals surface area contributed by atoms with Crippen molar-refractivity contribution in [1.29, 1.82) is 0 Å². The van der Waals surface area contributed by atoms with Gasteiger partial charge in [0, 0.05) is 16.9 Å². The maximum atomic E-state index is 11.6. The van der Waals surface area contributed by atoms with Crippen LogP contribution in [0.3, 0.4) is 0 Å². The second kappa shape index (κ2) is 4.23. The lowest BCUT2D eigenvalue weighted by Crippen LogP contribution is -2.44. The third-order valence-corrected chi connectivity index (χ3v) is 3.18. The van der Waals surface area contributed by atoms with Gasteiger partial charge in [-0.3, -0.25) is 4.90 Å². The Kier molecular flexibility index (Phi) is 2.95. The van der Waals surface area contributed by atoms with Gasteiger partial charge in [-0.15, -0.1) is 0 Å². The van der Waals surface area contributed by atoms with Gasteiger partial charge in [0.2, 0.25) is 0 Å². The molecule has 80 valence electrons. The fourth-order valence-electron chi connectivity index (χ4n) is 1.68. The Balaban J connectivity index is 2.36. The van der Waals surface area contributed by atoms with Crippen LogP contribution in [0.1, 0.15) is 13.3 Å². The predicted molar refractivity (Wildman–Crippen MR) is 62.0 cm³/mol. The van der Waals surface area contributed by atoms with Crippen LogP contribution in [0.15, 0.2) is 28.7 Å². The van der Waals surface area contributed by atoms with Crippen LogP contribution in [0.25, 0.3) is 0 Å². The third-order valence-electron chi connectivity index (χ3n) is 2.51. The molecule has 1 aliphatic rings. The fourth-order valence-corrected chi connectivity index (χ4v) is 2.15. The molecule has 4 heteroatoms.